The van der Waals surface area contributed by atoms with Crippen LogP contribution in [0.25, 0.3) is 22.6 Å². The summed E-state index contributed by atoms with van der Waals surface area (Å²) in [6.45, 7) is 8.20. The van der Waals surface area contributed by atoms with Crippen LogP contribution in [0.4, 0.5) is 22.5 Å². The van der Waals surface area contributed by atoms with Crippen molar-refractivity contribution in [3.63, 3.8) is 0 Å². The fourth-order valence-corrected chi connectivity index (χ4v) is 5.48. The van der Waals surface area contributed by atoms with E-state index in [1.807, 2.05) is 16.3 Å². The molecule has 1 fully saturated rings. The second-order valence-electron chi connectivity index (χ2n) is 10.1. The van der Waals surface area contributed by atoms with Gasteiger partial charge in [-0.2, -0.15) is 0 Å². The number of aryl methyl sites for hydroxylation is 1. The van der Waals surface area contributed by atoms with Gasteiger partial charge in [-0.25, -0.2) is 19.9 Å². The molecule has 5 rings (SSSR count). The Labute approximate surface area is 243 Å². The van der Waals surface area contributed by atoms with Crippen LogP contribution in [0.3, 0.4) is 0 Å². The van der Waals surface area contributed by atoms with E-state index >= 15 is 0 Å². The number of aromatic nitrogens is 4. The molecule has 4 heterocycles. The highest BCUT2D eigenvalue weighted by molar-refractivity contribution is 7.14. The predicted octanol–water partition coefficient (Wildman–Crippen LogP) is 3.84. The van der Waals surface area contributed by atoms with Crippen molar-refractivity contribution in [3.05, 3.63) is 53.5 Å². The number of rotatable bonds is 9. The van der Waals surface area contributed by atoms with Gasteiger partial charge in [-0.1, -0.05) is 19.1 Å². The average Bonchev–Trinajstić information content (AvgIpc) is 3.46. The Kier molecular flexibility index (Phi) is 8.60. The Morgan fingerprint density at radius 3 is 2.44 bits per heavy atom. The van der Waals surface area contributed by atoms with Gasteiger partial charge in [0.2, 0.25) is 5.88 Å². The molecule has 12 heteroatoms. The number of piperazine rings is 1. The number of likely N-dealkylation sites (N-methyl/N-ethyl adjacent to an activating group) is 1. The van der Waals surface area contributed by atoms with E-state index in [1.54, 1.807) is 12.3 Å². The summed E-state index contributed by atoms with van der Waals surface area (Å²) in [5.74, 6) is 1.44. The SMILES string of the molecule is CCCN(c1nc(-c2nc(N)cc(N)n2)cs1)c1cc(-c2ccc(OCC(=O)N3CCN(C)CC3)nc2)ccc1C. The van der Waals surface area contributed by atoms with Crippen molar-refractivity contribution in [1.29, 1.82) is 0 Å². The second-order valence-corrected chi connectivity index (χ2v) is 10.9. The van der Waals surface area contributed by atoms with Gasteiger partial charge in [0.1, 0.15) is 17.3 Å². The molecule has 0 unspecified atom stereocenters. The minimum atomic E-state index is -0.0146. The van der Waals surface area contributed by atoms with Gasteiger partial charge in [0.15, 0.2) is 17.6 Å². The Morgan fingerprint density at radius 2 is 1.76 bits per heavy atom. The lowest BCUT2D eigenvalue weighted by atomic mass is 10.0. The molecular formula is C29H35N9O2S. The first kappa shape index (κ1) is 28.2. The van der Waals surface area contributed by atoms with Crippen molar-refractivity contribution in [1.82, 2.24) is 29.7 Å². The third-order valence-electron chi connectivity index (χ3n) is 6.93. The number of nitrogens with two attached hydrogens (primary N) is 2. The summed E-state index contributed by atoms with van der Waals surface area (Å²) in [6.07, 6.45) is 2.71. The van der Waals surface area contributed by atoms with Gasteiger partial charge in [-0.3, -0.25) is 4.79 Å². The molecule has 1 amide bonds. The molecule has 0 spiro atoms. The van der Waals surface area contributed by atoms with E-state index in [2.05, 4.69) is 63.8 Å². The van der Waals surface area contributed by atoms with E-state index in [1.165, 1.54) is 17.4 Å². The highest BCUT2D eigenvalue weighted by Crippen LogP contribution is 2.36. The topological polar surface area (TPSA) is 140 Å². The largest absolute Gasteiger partial charge is 0.468 e. The van der Waals surface area contributed by atoms with E-state index in [4.69, 9.17) is 21.2 Å². The molecule has 214 valence electrons. The highest BCUT2D eigenvalue weighted by Gasteiger charge is 2.20. The number of amides is 1. The fourth-order valence-electron chi connectivity index (χ4n) is 4.63. The van der Waals surface area contributed by atoms with Gasteiger partial charge >= 0.3 is 0 Å². The standard InChI is InChI=1S/C29H35N9O2S/c1-4-9-38(29-33-22(18-41-29)28-34-24(30)15-25(31)35-28)23-14-20(6-5-19(23)2)21-7-8-26(32-16-21)40-17-27(39)37-12-10-36(3)11-13-37/h5-8,14-16,18H,4,9-13,17H2,1-3H3,(H4,30,31,34,35). The van der Waals surface area contributed by atoms with Gasteiger partial charge in [0, 0.05) is 67.7 Å². The molecular weight excluding hydrogens is 538 g/mol. The molecule has 0 saturated carbocycles. The lowest BCUT2D eigenvalue weighted by Gasteiger charge is -2.32. The molecule has 41 heavy (non-hydrogen) atoms. The number of hydrogen-bond donors (Lipinski definition) is 2. The zero-order valence-corrected chi connectivity index (χ0v) is 24.4. The number of hydrogen-bond acceptors (Lipinski definition) is 11. The van der Waals surface area contributed by atoms with Gasteiger partial charge in [0.05, 0.1) is 0 Å². The van der Waals surface area contributed by atoms with E-state index < -0.39 is 0 Å². The summed E-state index contributed by atoms with van der Waals surface area (Å²) in [5, 5.41) is 2.75. The Hall–Kier alpha value is -4.29. The van der Waals surface area contributed by atoms with Crippen LogP contribution >= 0.6 is 11.3 Å². The van der Waals surface area contributed by atoms with Crippen LogP contribution in [-0.2, 0) is 4.79 Å². The monoisotopic (exact) mass is 573 g/mol. The van der Waals surface area contributed by atoms with Gasteiger partial charge in [0.25, 0.3) is 5.91 Å². The molecule has 0 bridgehead atoms. The number of anilines is 4. The molecule has 1 saturated heterocycles. The first-order valence-corrected chi connectivity index (χ1v) is 14.5. The lowest BCUT2D eigenvalue weighted by molar-refractivity contribution is -0.135. The zero-order chi connectivity index (χ0) is 28.9. The van der Waals surface area contributed by atoms with E-state index in [0.29, 0.717) is 29.0 Å². The highest BCUT2D eigenvalue weighted by atomic mass is 32.1. The number of thiazole rings is 1. The molecule has 0 atom stereocenters. The van der Waals surface area contributed by atoms with Crippen molar-refractivity contribution in [3.8, 4) is 28.5 Å². The van der Waals surface area contributed by atoms with Crippen molar-refractivity contribution in [2.75, 3.05) is 62.7 Å². The van der Waals surface area contributed by atoms with Gasteiger partial charge in [-0.15, -0.1) is 11.3 Å². The van der Waals surface area contributed by atoms with Crippen LogP contribution in [-0.4, -0.2) is 82.0 Å². The smallest absolute Gasteiger partial charge is 0.260 e. The minimum absolute atomic E-state index is 0.0142. The molecule has 4 aromatic rings. The Morgan fingerprint density at radius 1 is 1.02 bits per heavy atom. The van der Waals surface area contributed by atoms with Crippen molar-refractivity contribution in [2.45, 2.75) is 20.3 Å². The third-order valence-corrected chi connectivity index (χ3v) is 7.80. The van der Waals surface area contributed by atoms with Crippen LogP contribution in [0.5, 0.6) is 5.88 Å². The predicted molar refractivity (Wildman–Crippen MR) is 163 cm³/mol. The van der Waals surface area contributed by atoms with Crippen molar-refractivity contribution in [2.24, 2.45) is 0 Å². The normalized spacial score (nSPS) is 13.8. The van der Waals surface area contributed by atoms with Crippen molar-refractivity contribution >= 4 is 39.7 Å². The maximum atomic E-state index is 12.5. The minimum Gasteiger partial charge on any atom is -0.468 e. The second kappa shape index (κ2) is 12.5. The van der Waals surface area contributed by atoms with Gasteiger partial charge < -0.3 is 30.9 Å². The first-order valence-electron chi connectivity index (χ1n) is 13.6. The zero-order valence-electron chi connectivity index (χ0n) is 23.6. The van der Waals surface area contributed by atoms with Crippen LogP contribution in [0, 0.1) is 6.92 Å². The lowest BCUT2D eigenvalue weighted by Crippen LogP contribution is -2.48. The maximum absolute atomic E-state index is 12.5. The molecule has 4 N–H and O–H groups in total. The number of carbonyl (C=O) groups excluding carboxylic acids is 1. The van der Waals surface area contributed by atoms with Crippen LogP contribution < -0.4 is 21.1 Å². The number of benzene rings is 1. The number of ether oxygens (including phenoxy) is 1. The summed E-state index contributed by atoms with van der Waals surface area (Å²) in [4.78, 5) is 36.7. The summed E-state index contributed by atoms with van der Waals surface area (Å²) in [7, 11) is 2.06. The van der Waals surface area contributed by atoms with Crippen LogP contribution in [0.1, 0.15) is 18.9 Å². The molecule has 1 aliphatic rings. The Balaban J connectivity index is 1.32. The molecule has 0 radical (unpaired) electrons. The maximum Gasteiger partial charge on any atom is 0.260 e. The third kappa shape index (κ3) is 6.72. The quantitative estimate of drug-likeness (QED) is 0.304. The number of carbonyl (C=O) groups is 1. The van der Waals surface area contributed by atoms with Crippen LogP contribution in [0.15, 0.2) is 48.0 Å². The molecule has 3 aromatic heterocycles. The number of nitrogen functional groups attached to an aromatic ring is 2. The first-order chi connectivity index (χ1) is 19.8. The van der Waals surface area contributed by atoms with E-state index in [9.17, 15) is 4.79 Å². The molecule has 1 aromatic carbocycles. The van der Waals surface area contributed by atoms with E-state index in [0.717, 1.165) is 66.7 Å². The van der Waals surface area contributed by atoms with Gasteiger partial charge in [-0.05, 0) is 43.7 Å². The fraction of sp³-hybridized carbons (Fsp3) is 0.345. The number of nitrogens with zero attached hydrogens (tertiary/aromatic N) is 7. The Bertz CT molecular complexity index is 1480. The van der Waals surface area contributed by atoms with Crippen molar-refractivity contribution < 1.29 is 9.53 Å². The number of pyridine rings is 1. The summed E-state index contributed by atoms with van der Waals surface area (Å²) >= 11 is 1.52. The summed E-state index contributed by atoms with van der Waals surface area (Å²) < 4.78 is 5.71. The summed E-state index contributed by atoms with van der Waals surface area (Å²) in [5.41, 5.74) is 16.5. The van der Waals surface area contributed by atoms with Crippen LogP contribution in [0.2, 0.25) is 0 Å². The summed E-state index contributed by atoms with van der Waals surface area (Å²) in [6, 6.07) is 11.6. The molecule has 1 aliphatic heterocycles. The molecule has 11 nitrogen and oxygen atoms in total. The molecule has 0 aliphatic carbocycles. The van der Waals surface area contributed by atoms with E-state index in [-0.39, 0.29) is 12.5 Å². The average molecular weight is 574 g/mol.